The molecule has 1 saturated heterocycles. The molecule has 2 amide bonds. The minimum atomic E-state index is -1.12. The summed E-state index contributed by atoms with van der Waals surface area (Å²) in [5, 5.41) is 10.5. The van der Waals surface area contributed by atoms with E-state index < -0.39 is 5.54 Å². The SMILES string of the molecule is C[C@]12C(=O)N(CCO)CC(=O)N1C[C@@H](c1ccc(Br)cc1)c1c2[nH]c2ccccc12. The Bertz CT molecular complexity index is 1160. The molecule has 6 nitrogen and oxygen atoms in total. The number of benzene rings is 2. The van der Waals surface area contributed by atoms with Gasteiger partial charge in [-0.05, 0) is 36.2 Å². The van der Waals surface area contributed by atoms with Crippen molar-refractivity contribution in [1.29, 1.82) is 0 Å². The number of carbonyl (C=O) groups is 2. The molecule has 2 aliphatic rings. The third kappa shape index (κ3) is 2.65. The summed E-state index contributed by atoms with van der Waals surface area (Å²) in [6.07, 6.45) is 0. The van der Waals surface area contributed by atoms with Crippen LogP contribution in [0, 0.1) is 0 Å². The molecule has 0 saturated carbocycles. The summed E-state index contributed by atoms with van der Waals surface area (Å²) in [4.78, 5) is 33.3. The normalized spacial score (nSPS) is 23.6. The van der Waals surface area contributed by atoms with Gasteiger partial charge < -0.3 is 19.9 Å². The molecule has 0 bridgehead atoms. The average molecular weight is 468 g/mol. The highest BCUT2D eigenvalue weighted by molar-refractivity contribution is 9.10. The molecule has 0 unspecified atom stereocenters. The molecule has 3 heterocycles. The molecule has 1 fully saturated rings. The Hall–Kier alpha value is -2.64. The van der Waals surface area contributed by atoms with Crippen molar-refractivity contribution in [1.82, 2.24) is 14.8 Å². The fourth-order valence-electron chi connectivity index (χ4n) is 4.97. The number of hydrogen-bond acceptors (Lipinski definition) is 3. The number of amides is 2. The summed E-state index contributed by atoms with van der Waals surface area (Å²) in [7, 11) is 0. The van der Waals surface area contributed by atoms with Crippen molar-refractivity contribution in [3.05, 3.63) is 69.8 Å². The van der Waals surface area contributed by atoms with Crippen molar-refractivity contribution >= 4 is 38.6 Å². The summed E-state index contributed by atoms with van der Waals surface area (Å²) >= 11 is 3.49. The minimum Gasteiger partial charge on any atom is -0.395 e. The number of halogens is 1. The molecule has 1 aromatic heterocycles. The van der Waals surface area contributed by atoms with Crippen LogP contribution in [0.4, 0.5) is 0 Å². The number of carbonyl (C=O) groups excluding carboxylic acids is 2. The predicted molar refractivity (Wildman–Crippen MR) is 117 cm³/mol. The third-order valence-electron chi connectivity index (χ3n) is 6.46. The van der Waals surface area contributed by atoms with Crippen molar-refractivity contribution in [2.45, 2.75) is 18.4 Å². The summed E-state index contributed by atoms with van der Waals surface area (Å²) in [5.74, 6) is -0.298. The van der Waals surface area contributed by atoms with E-state index in [0.29, 0.717) is 6.54 Å². The van der Waals surface area contributed by atoms with Crippen LogP contribution < -0.4 is 0 Å². The van der Waals surface area contributed by atoms with Crippen molar-refractivity contribution in [2.24, 2.45) is 0 Å². The Balaban J connectivity index is 1.76. The van der Waals surface area contributed by atoms with Crippen molar-refractivity contribution in [3.8, 4) is 0 Å². The second kappa shape index (κ2) is 6.96. The predicted octanol–water partition coefficient (Wildman–Crippen LogP) is 2.95. The highest BCUT2D eigenvalue weighted by Crippen LogP contribution is 2.48. The summed E-state index contributed by atoms with van der Waals surface area (Å²) in [6.45, 7) is 2.24. The van der Waals surface area contributed by atoms with Gasteiger partial charge in [-0.1, -0.05) is 46.3 Å². The molecule has 2 atom stereocenters. The summed E-state index contributed by atoms with van der Waals surface area (Å²) in [5.41, 5.74) is 2.77. The van der Waals surface area contributed by atoms with Crippen LogP contribution in [0.3, 0.4) is 0 Å². The van der Waals surface area contributed by atoms with Gasteiger partial charge >= 0.3 is 0 Å². The summed E-state index contributed by atoms with van der Waals surface area (Å²) < 4.78 is 0.995. The van der Waals surface area contributed by atoms with Crippen LogP contribution in [0.5, 0.6) is 0 Å². The van der Waals surface area contributed by atoms with E-state index in [0.717, 1.165) is 32.2 Å². The largest absolute Gasteiger partial charge is 0.395 e. The van der Waals surface area contributed by atoms with Gasteiger partial charge in [0.15, 0.2) is 5.54 Å². The number of aromatic nitrogens is 1. The number of hydrogen-bond donors (Lipinski definition) is 2. The van der Waals surface area contributed by atoms with Gasteiger partial charge in [-0.25, -0.2) is 0 Å². The Morgan fingerprint density at radius 2 is 1.90 bits per heavy atom. The van der Waals surface area contributed by atoms with E-state index >= 15 is 0 Å². The van der Waals surface area contributed by atoms with Gasteiger partial charge in [0.1, 0.15) is 0 Å². The van der Waals surface area contributed by atoms with Crippen LogP contribution in [0.25, 0.3) is 10.9 Å². The number of aromatic amines is 1. The van der Waals surface area contributed by atoms with E-state index in [2.05, 4.69) is 39.1 Å². The maximum absolute atomic E-state index is 13.5. The molecule has 0 radical (unpaired) electrons. The van der Waals surface area contributed by atoms with Gasteiger partial charge in [0.25, 0.3) is 5.91 Å². The van der Waals surface area contributed by atoms with Crippen LogP contribution in [0.1, 0.15) is 29.7 Å². The first-order valence-electron chi connectivity index (χ1n) is 10.0. The Morgan fingerprint density at radius 3 is 2.63 bits per heavy atom. The smallest absolute Gasteiger partial charge is 0.255 e. The number of para-hydroxylation sites is 1. The zero-order chi connectivity index (χ0) is 21.0. The number of nitrogens with one attached hydrogen (secondary N) is 1. The van der Waals surface area contributed by atoms with Crippen LogP contribution in [-0.4, -0.2) is 57.9 Å². The highest BCUT2D eigenvalue weighted by Gasteiger charge is 2.56. The highest BCUT2D eigenvalue weighted by atomic mass is 79.9. The van der Waals surface area contributed by atoms with Crippen LogP contribution in [-0.2, 0) is 15.1 Å². The van der Waals surface area contributed by atoms with E-state index in [1.54, 1.807) is 4.90 Å². The average Bonchev–Trinajstić information content (AvgIpc) is 3.14. The fourth-order valence-corrected chi connectivity index (χ4v) is 5.24. The molecule has 7 heteroatoms. The first-order valence-corrected chi connectivity index (χ1v) is 10.8. The van der Waals surface area contributed by atoms with Gasteiger partial charge in [-0.3, -0.25) is 9.59 Å². The van der Waals surface area contributed by atoms with Gasteiger partial charge in [-0.2, -0.15) is 0 Å². The molecule has 5 rings (SSSR count). The Morgan fingerprint density at radius 1 is 1.17 bits per heavy atom. The fraction of sp³-hybridized carbons (Fsp3) is 0.304. The zero-order valence-corrected chi connectivity index (χ0v) is 18.1. The third-order valence-corrected chi connectivity index (χ3v) is 6.99. The minimum absolute atomic E-state index is 0.00238. The lowest BCUT2D eigenvalue weighted by atomic mass is 9.76. The number of nitrogens with zero attached hydrogens (tertiary/aromatic N) is 2. The Labute approximate surface area is 182 Å². The molecule has 0 aliphatic carbocycles. The standard InChI is InChI=1S/C23H22BrN3O3/c1-23-21-20(16-4-2-3-5-18(16)25-21)17(14-6-8-15(24)9-7-14)12-27(23)19(29)13-26(10-11-28)22(23)30/h2-9,17,25,28H,10-13H2,1H3/t17-,23-/m0/s1. The summed E-state index contributed by atoms with van der Waals surface area (Å²) in [6, 6.07) is 16.2. The number of H-pyrrole nitrogens is 1. The number of aliphatic hydroxyl groups is 1. The number of aliphatic hydroxyl groups excluding tert-OH is 1. The lowest BCUT2D eigenvalue weighted by Crippen LogP contribution is -2.67. The molecule has 2 N–H and O–H groups in total. The van der Waals surface area contributed by atoms with Crippen molar-refractivity contribution in [2.75, 3.05) is 26.2 Å². The van der Waals surface area contributed by atoms with Crippen LogP contribution in [0.15, 0.2) is 53.0 Å². The van der Waals surface area contributed by atoms with Crippen molar-refractivity contribution < 1.29 is 14.7 Å². The maximum atomic E-state index is 13.5. The van der Waals surface area contributed by atoms with E-state index in [1.807, 2.05) is 37.3 Å². The molecule has 154 valence electrons. The van der Waals surface area contributed by atoms with Gasteiger partial charge in [-0.15, -0.1) is 0 Å². The maximum Gasteiger partial charge on any atom is 0.255 e. The van der Waals surface area contributed by atoms with E-state index in [4.69, 9.17) is 0 Å². The van der Waals surface area contributed by atoms with Crippen LogP contribution in [0.2, 0.25) is 0 Å². The molecular weight excluding hydrogens is 446 g/mol. The second-order valence-corrected chi connectivity index (χ2v) is 9.01. The number of rotatable bonds is 3. The molecule has 30 heavy (non-hydrogen) atoms. The number of β-amino-alcohol motifs (C(OH)–C–C–N with tert-alkyl or cyclic N) is 1. The van der Waals surface area contributed by atoms with Gasteiger partial charge in [0.2, 0.25) is 5.91 Å². The molecular formula is C23H22BrN3O3. The monoisotopic (exact) mass is 467 g/mol. The van der Waals surface area contributed by atoms with E-state index in [-0.39, 0.29) is 37.4 Å². The van der Waals surface area contributed by atoms with E-state index in [1.165, 1.54) is 4.90 Å². The van der Waals surface area contributed by atoms with Crippen molar-refractivity contribution in [3.63, 3.8) is 0 Å². The Kier molecular flexibility index (Phi) is 4.48. The first kappa shape index (κ1) is 19.3. The lowest BCUT2D eigenvalue weighted by Gasteiger charge is -2.51. The topological polar surface area (TPSA) is 76.6 Å². The first-order chi connectivity index (χ1) is 14.4. The number of fused-ring (bicyclic) bond motifs is 5. The van der Waals surface area contributed by atoms with Gasteiger partial charge in [0.05, 0.1) is 18.8 Å². The van der Waals surface area contributed by atoms with Gasteiger partial charge in [0, 0.05) is 34.4 Å². The molecule has 2 aromatic carbocycles. The van der Waals surface area contributed by atoms with E-state index in [9.17, 15) is 14.7 Å². The second-order valence-electron chi connectivity index (χ2n) is 8.09. The molecule has 0 spiro atoms. The number of piperazine rings is 1. The zero-order valence-electron chi connectivity index (χ0n) is 16.6. The lowest BCUT2D eigenvalue weighted by molar-refractivity contribution is -0.166. The quantitative estimate of drug-likeness (QED) is 0.621. The van der Waals surface area contributed by atoms with Crippen LogP contribution >= 0.6 is 15.9 Å². The molecule has 3 aromatic rings. The molecule has 2 aliphatic heterocycles.